The van der Waals surface area contributed by atoms with Gasteiger partial charge in [0.25, 0.3) is 0 Å². The van der Waals surface area contributed by atoms with Crippen molar-refractivity contribution in [2.24, 2.45) is 7.05 Å². The lowest BCUT2D eigenvalue weighted by molar-refractivity contribution is 0.292. The van der Waals surface area contributed by atoms with Crippen molar-refractivity contribution in [3.05, 3.63) is 34.9 Å². The van der Waals surface area contributed by atoms with Crippen LogP contribution in [0, 0.1) is 6.92 Å². The number of hydrogen-bond acceptors (Lipinski definition) is 4. The van der Waals surface area contributed by atoms with E-state index in [1.165, 1.54) is 0 Å². The second-order valence-corrected chi connectivity index (χ2v) is 4.13. The number of halogens is 1. The van der Waals surface area contributed by atoms with Crippen molar-refractivity contribution in [3.8, 4) is 5.75 Å². The van der Waals surface area contributed by atoms with Gasteiger partial charge < -0.3 is 15.0 Å². The molecule has 1 aromatic carbocycles. The summed E-state index contributed by atoms with van der Waals surface area (Å²) in [4.78, 5) is 0. The predicted octanol–water partition coefficient (Wildman–Crippen LogP) is 1.94. The highest BCUT2D eigenvalue weighted by atomic mass is 35.5. The highest BCUT2D eigenvalue weighted by molar-refractivity contribution is 6.30. The van der Waals surface area contributed by atoms with Crippen LogP contribution in [0.4, 0.5) is 5.69 Å². The molecular formula is C11H13ClN4O. The van der Waals surface area contributed by atoms with Crippen LogP contribution in [0.1, 0.15) is 11.6 Å². The van der Waals surface area contributed by atoms with E-state index >= 15 is 0 Å². The molecule has 0 aliphatic heterocycles. The van der Waals surface area contributed by atoms with Crippen LogP contribution in [0.15, 0.2) is 18.2 Å². The standard InChI is InChI=1S/C11H13ClN4O/c1-7-14-15-11(16(7)2)6-17-10-4-3-8(12)5-9(10)13/h3-5H,6,13H2,1-2H3. The van der Waals surface area contributed by atoms with E-state index in [0.717, 1.165) is 11.6 Å². The Balaban J connectivity index is 2.10. The molecule has 0 aliphatic carbocycles. The van der Waals surface area contributed by atoms with Crippen molar-refractivity contribution in [1.29, 1.82) is 0 Å². The van der Waals surface area contributed by atoms with Gasteiger partial charge in [0.1, 0.15) is 18.2 Å². The number of nitrogens with two attached hydrogens (primary N) is 1. The second-order valence-electron chi connectivity index (χ2n) is 3.69. The zero-order chi connectivity index (χ0) is 12.4. The van der Waals surface area contributed by atoms with Crippen LogP contribution in [0.5, 0.6) is 5.75 Å². The molecule has 1 heterocycles. The Bertz CT molecular complexity index is 538. The van der Waals surface area contributed by atoms with Crippen LogP contribution in [0.3, 0.4) is 0 Å². The molecule has 0 bridgehead atoms. The zero-order valence-electron chi connectivity index (χ0n) is 9.64. The summed E-state index contributed by atoms with van der Waals surface area (Å²) in [6.07, 6.45) is 0. The normalized spacial score (nSPS) is 10.5. The number of hydrogen-bond donors (Lipinski definition) is 1. The van der Waals surface area contributed by atoms with Crippen molar-refractivity contribution in [3.63, 3.8) is 0 Å². The van der Waals surface area contributed by atoms with Gasteiger partial charge in [-0.15, -0.1) is 10.2 Å². The molecule has 2 N–H and O–H groups in total. The van der Waals surface area contributed by atoms with Crippen LogP contribution in [0.25, 0.3) is 0 Å². The highest BCUT2D eigenvalue weighted by Gasteiger charge is 2.07. The SMILES string of the molecule is Cc1nnc(COc2ccc(Cl)cc2N)n1C. The molecule has 90 valence electrons. The lowest BCUT2D eigenvalue weighted by Crippen LogP contribution is -2.05. The monoisotopic (exact) mass is 252 g/mol. The zero-order valence-corrected chi connectivity index (χ0v) is 10.4. The molecule has 0 saturated carbocycles. The molecule has 0 spiro atoms. The van der Waals surface area contributed by atoms with Crippen LogP contribution < -0.4 is 10.5 Å². The molecule has 0 atom stereocenters. The van der Waals surface area contributed by atoms with E-state index in [1.807, 2.05) is 18.5 Å². The minimum Gasteiger partial charge on any atom is -0.483 e. The lowest BCUT2D eigenvalue weighted by atomic mass is 10.3. The van der Waals surface area contributed by atoms with Crippen LogP contribution in [-0.2, 0) is 13.7 Å². The fourth-order valence-electron chi connectivity index (χ4n) is 1.37. The fraction of sp³-hybridized carbons (Fsp3) is 0.273. The third-order valence-corrected chi connectivity index (χ3v) is 2.75. The number of benzene rings is 1. The molecule has 2 rings (SSSR count). The molecule has 2 aromatic rings. The predicted molar refractivity (Wildman–Crippen MR) is 65.9 cm³/mol. The first-order valence-electron chi connectivity index (χ1n) is 5.10. The van der Waals surface area contributed by atoms with E-state index in [9.17, 15) is 0 Å². The van der Waals surface area contributed by atoms with E-state index in [2.05, 4.69) is 10.2 Å². The smallest absolute Gasteiger partial charge is 0.170 e. The molecule has 0 unspecified atom stereocenters. The van der Waals surface area contributed by atoms with Gasteiger partial charge in [0.05, 0.1) is 5.69 Å². The molecule has 0 saturated heterocycles. The summed E-state index contributed by atoms with van der Waals surface area (Å²) in [5.74, 6) is 2.18. The summed E-state index contributed by atoms with van der Waals surface area (Å²) >= 11 is 5.80. The molecule has 0 amide bonds. The van der Waals surface area contributed by atoms with Crippen molar-refractivity contribution >= 4 is 17.3 Å². The van der Waals surface area contributed by atoms with Crippen LogP contribution in [-0.4, -0.2) is 14.8 Å². The van der Waals surface area contributed by atoms with Gasteiger partial charge in [-0.05, 0) is 25.1 Å². The number of nitrogen functional groups attached to an aromatic ring is 1. The Morgan fingerprint density at radius 3 is 2.76 bits per heavy atom. The third-order valence-electron chi connectivity index (χ3n) is 2.51. The number of anilines is 1. The van der Waals surface area contributed by atoms with Crippen molar-refractivity contribution < 1.29 is 4.74 Å². The first-order valence-corrected chi connectivity index (χ1v) is 5.48. The lowest BCUT2D eigenvalue weighted by Gasteiger charge is -2.08. The van der Waals surface area contributed by atoms with Gasteiger partial charge in [-0.2, -0.15) is 0 Å². The highest BCUT2D eigenvalue weighted by Crippen LogP contribution is 2.25. The second kappa shape index (κ2) is 4.63. The quantitative estimate of drug-likeness (QED) is 0.848. The molecule has 0 fully saturated rings. The largest absolute Gasteiger partial charge is 0.483 e. The number of aryl methyl sites for hydroxylation is 1. The summed E-state index contributed by atoms with van der Waals surface area (Å²) in [5.41, 5.74) is 6.29. The average Bonchev–Trinajstić information content (AvgIpc) is 2.59. The van der Waals surface area contributed by atoms with Gasteiger partial charge in [0.15, 0.2) is 5.82 Å². The van der Waals surface area contributed by atoms with E-state index < -0.39 is 0 Å². The molecule has 17 heavy (non-hydrogen) atoms. The minimum atomic E-state index is 0.323. The summed E-state index contributed by atoms with van der Waals surface area (Å²) in [6, 6.07) is 5.12. The summed E-state index contributed by atoms with van der Waals surface area (Å²) in [7, 11) is 1.89. The molecule has 0 aliphatic rings. The summed E-state index contributed by atoms with van der Waals surface area (Å²) in [5, 5.41) is 8.53. The van der Waals surface area contributed by atoms with E-state index in [4.69, 9.17) is 22.1 Å². The Kier molecular flexibility index (Phi) is 3.19. The van der Waals surface area contributed by atoms with E-state index in [-0.39, 0.29) is 0 Å². The summed E-state index contributed by atoms with van der Waals surface area (Å²) in [6.45, 7) is 2.20. The Labute approximate surface area is 104 Å². The maximum atomic E-state index is 5.80. The van der Waals surface area contributed by atoms with E-state index in [0.29, 0.717) is 23.1 Å². The Morgan fingerprint density at radius 2 is 2.18 bits per heavy atom. The van der Waals surface area contributed by atoms with Gasteiger partial charge in [-0.3, -0.25) is 0 Å². The first-order chi connectivity index (χ1) is 8.08. The minimum absolute atomic E-state index is 0.323. The van der Waals surface area contributed by atoms with Crippen molar-refractivity contribution in [2.75, 3.05) is 5.73 Å². The number of rotatable bonds is 3. The molecule has 5 nitrogen and oxygen atoms in total. The Morgan fingerprint density at radius 1 is 1.41 bits per heavy atom. The number of nitrogens with zero attached hydrogens (tertiary/aromatic N) is 3. The molecule has 0 radical (unpaired) electrons. The topological polar surface area (TPSA) is 66.0 Å². The van der Waals surface area contributed by atoms with Crippen molar-refractivity contribution in [1.82, 2.24) is 14.8 Å². The van der Waals surface area contributed by atoms with Crippen molar-refractivity contribution in [2.45, 2.75) is 13.5 Å². The number of aromatic nitrogens is 3. The molecular weight excluding hydrogens is 240 g/mol. The maximum Gasteiger partial charge on any atom is 0.170 e. The van der Waals surface area contributed by atoms with Gasteiger partial charge in [0, 0.05) is 12.1 Å². The van der Waals surface area contributed by atoms with Gasteiger partial charge in [-0.1, -0.05) is 11.6 Å². The van der Waals surface area contributed by atoms with Gasteiger partial charge in [0.2, 0.25) is 0 Å². The van der Waals surface area contributed by atoms with Gasteiger partial charge >= 0.3 is 0 Å². The first kappa shape index (κ1) is 11.7. The Hall–Kier alpha value is -1.75. The average molecular weight is 253 g/mol. The summed E-state index contributed by atoms with van der Waals surface area (Å²) < 4.78 is 7.43. The maximum absolute atomic E-state index is 5.80. The fourth-order valence-corrected chi connectivity index (χ4v) is 1.55. The molecule has 1 aromatic heterocycles. The van der Waals surface area contributed by atoms with Crippen LogP contribution >= 0.6 is 11.6 Å². The number of ether oxygens (including phenoxy) is 1. The van der Waals surface area contributed by atoms with Gasteiger partial charge in [-0.25, -0.2) is 0 Å². The molecule has 6 heteroatoms. The van der Waals surface area contributed by atoms with E-state index in [1.54, 1.807) is 18.2 Å². The van der Waals surface area contributed by atoms with Crippen LogP contribution in [0.2, 0.25) is 5.02 Å². The third kappa shape index (κ3) is 2.50.